The molecule has 0 amide bonds. The molecular weight excluding hydrogens is 304 g/mol. The van der Waals surface area contributed by atoms with Crippen LogP contribution < -0.4 is 4.90 Å². The molecular formula is C16H15ClN2O3. The normalized spacial score (nSPS) is 28.1. The van der Waals surface area contributed by atoms with Gasteiger partial charge in [-0.1, -0.05) is 17.7 Å². The Kier molecular flexibility index (Phi) is 3.03. The first-order chi connectivity index (χ1) is 10.6. The molecule has 5 nitrogen and oxygen atoms in total. The highest BCUT2D eigenvalue weighted by Gasteiger charge is 2.46. The largest absolute Gasteiger partial charge is 0.366 e. The lowest BCUT2D eigenvalue weighted by molar-refractivity contribution is -0.384. The van der Waals surface area contributed by atoms with Crippen LogP contribution in [0.25, 0.3) is 5.57 Å². The third kappa shape index (κ3) is 1.89. The monoisotopic (exact) mass is 318 g/mol. The smallest absolute Gasteiger partial charge is 0.271 e. The zero-order chi connectivity index (χ0) is 15.4. The van der Waals surface area contributed by atoms with Gasteiger partial charge in [-0.15, -0.1) is 6.58 Å². The van der Waals surface area contributed by atoms with E-state index in [4.69, 9.17) is 16.3 Å². The first-order valence-corrected chi connectivity index (χ1v) is 7.67. The van der Waals surface area contributed by atoms with Gasteiger partial charge in [0.05, 0.1) is 27.8 Å². The molecule has 3 aliphatic heterocycles. The lowest BCUT2D eigenvalue weighted by Crippen LogP contribution is -2.31. The Morgan fingerprint density at radius 2 is 2.36 bits per heavy atom. The van der Waals surface area contributed by atoms with Crippen molar-refractivity contribution in [2.24, 2.45) is 5.92 Å². The summed E-state index contributed by atoms with van der Waals surface area (Å²) in [5, 5.41) is 11.6. The molecule has 1 saturated heterocycles. The number of benzene rings is 1. The summed E-state index contributed by atoms with van der Waals surface area (Å²) >= 11 is 6.40. The van der Waals surface area contributed by atoms with Crippen molar-refractivity contribution in [2.45, 2.75) is 18.6 Å². The number of rotatable bonds is 3. The minimum absolute atomic E-state index is 0.0180. The van der Waals surface area contributed by atoms with Crippen molar-refractivity contribution in [3.8, 4) is 0 Å². The van der Waals surface area contributed by atoms with Gasteiger partial charge >= 0.3 is 0 Å². The summed E-state index contributed by atoms with van der Waals surface area (Å²) in [6.45, 7) is 5.30. The summed E-state index contributed by atoms with van der Waals surface area (Å²) in [6, 6.07) is 3.05. The highest BCUT2D eigenvalue weighted by Crippen LogP contribution is 2.50. The van der Waals surface area contributed by atoms with Gasteiger partial charge < -0.3 is 9.64 Å². The number of hydrogen-bond donors (Lipinski definition) is 0. The minimum atomic E-state index is -0.402. The molecule has 0 aromatic heterocycles. The Bertz CT molecular complexity index is 716. The molecule has 6 heteroatoms. The third-order valence-electron chi connectivity index (χ3n) is 4.65. The molecule has 0 N–H and O–H groups in total. The Hall–Kier alpha value is -1.85. The van der Waals surface area contributed by atoms with Gasteiger partial charge in [-0.05, 0) is 18.1 Å². The Balaban J connectivity index is 1.94. The van der Waals surface area contributed by atoms with Crippen molar-refractivity contribution in [1.82, 2.24) is 0 Å². The molecule has 3 heterocycles. The van der Waals surface area contributed by atoms with Crippen molar-refractivity contribution in [1.29, 1.82) is 0 Å². The second kappa shape index (κ2) is 4.83. The number of non-ortho nitro benzene ring substituents is 1. The topological polar surface area (TPSA) is 55.6 Å². The molecule has 1 unspecified atom stereocenters. The van der Waals surface area contributed by atoms with E-state index < -0.39 is 4.92 Å². The Morgan fingerprint density at radius 1 is 1.55 bits per heavy atom. The predicted molar refractivity (Wildman–Crippen MR) is 85.3 cm³/mol. The van der Waals surface area contributed by atoms with E-state index in [1.807, 2.05) is 6.08 Å². The van der Waals surface area contributed by atoms with Crippen molar-refractivity contribution in [3.63, 3.8) is 0 Å². The molecule has 0 radical (unpaired) electrons. The number of nitro benzene ring substituents is 1. The van der Waals surface area contributed by atoms with Crippen molar-refractivity contribution in [2.75, 3.05) is 18.0 Å². The number of anilines is 1. The van der Waals surface area contributed by atoms with Crippen LogP contribution in [0.3, 0.4) is 0 Å². The van der Waals surface area contributed by atoms with Crippen molar-refractivity contribution in [3.05, 3.63) is 51.6 Å². The van der Waals surface area contributed by atoms with Gasteiger partial charge in [-0.2, -0.15) is 0 Å². The molecule has 114 valence electrons. The Morgan fingerprint density at radius 3 is 3.05 bits per heavy atom. The van der Waals surface area contributed by atoms with E-state index in [-0.39, 0.29) is 17.9 Å². The van der Waals surface area contributed by atoms with Crippen LogP contribution in [0.4, 0.5) is 11.4 Å². The first-order valence-electron chi connectivity index (χ1n) is 7.30. The summed E-state index contributed by atoms with van der Waals surface area (Å²) < 4.78 is 5.98. The molecule has 2 bridgehead atoms. The molecule has 1 aromatic carbocycles. The van der Waals surface area contributed by atoms with E-state index >= 15 is 0 Å². The van der Waals surface area contributed by atoms with E-state index in [0.717, 1.165) is 29.8 Å². The summed E-state index contributed by atoms with van der Waals surface area (Å²) in [7, 11) is 0. The molecule has 1 fully saturated rings. The molecule has 0 spiro atoms. The predicted octanol–water partition coefficient (Wildman–Crippen LogP) is 3.42. The summed E-state index contributed by atoms with van der Waals surface area (Å²) in [6.07, 6.45) is 5.07. The molecule has 3 aliphatic rings. The van der Waals surface area contributed by atoms with Gasteiger partial charge in [0.15, 0.2) is 0 Å². The molecule has 0 aliphatic carbocycles. The van der Waals surface area contributed by atoms with Crippen LogP contribution in [0.2, 0.25) is 5.02 Å². The molecule has 1 aromatic rings. The lowest BCUT2D eigenvalue weighted by Gasteiger charge is -2.26. The number of hydrogen-bond acceptors (Lipinski definition) is 4. The van der Waals surface area contributed by atoms with Crippen LogP contribution in [0.1, 0.15) is 12.0 Å². The van der Waals surface area contributed by atoms with E-state index in [0.29, 0.717) is 17.5 Å². The van der Waals surface area contributed by atoms with Crippen LogP contribution in [-0.4, -0.2) is 30.2 Å². The maximum Gasteiger partial charge on any atom is 0.271 e. The highest BCUT2D eigenvalue weighted by molar-refractivity contribution is 6.34. The van der Waals surface area contributed by atoms with E-state index in [2.05, 4.69) is 17.6 Å². The van der Waals surface area contributed by atoms with Crippen LogP contribution in [0.15, 0.2) is 30.9 Å². The minimum Gasteiger partial charge on any atom is -0.366 e. The van der Waals surface area contributed by atoms with Gasteiger partial charge in [0.1, 0.15) is 0 Å². The van der Waals surface area contributed by atoms with Crippen LogP contribution in [0.5, 0.6) is 0 Å². The maximum atomic E-state index is 11.2. The molecule has 22 heavy (non-hydrogen) atoms. The quantitative estimate of drug-likeness (QED) is 0.487. The van der Waals surface area contributed by atoms with Crippen molar-refractivity contribution >= 4 is 28.5 Å². The average molecular weight is 319 g/mol. The number of nitro groups is 1. The number of ether oxygens (including phenoxy) is 1. The second-order valence-corrected chi connectivity index (χ2v) is 6.39. The number of nitrogens with zero attached hydrogens (tertiary/aromatic N) is 2. The van der Waals surface area contributed by atoms with Gasteiger partial charge in [-0.3, -0.25) is 10.1 Å². The van der Waals surface area contributed by atoms with E-state index in [1.54, 1.807) is 6.07 Å². The second-order valence-electron chi connectivity index (χ2n) is 5.99. The van der Waals surface area contributed by atoms with Gasteiger partial charge in [0.25, 0.3) is 5.69 Å². The SMILES string of the molecule is C=CCN1C[C@@H]2C[C@H]3C=C(c4cc([N+](=O)[O-])cc(Cl)c41)C2O3. The highest BCUT2D eigenvalue weighted by atomic mass is 35.5. The molecule has 0 saturated carbocycles. The van der Waals surface area contributed by atoms with Gasteiger partial charge in [0.2, 0.25) is 0 Å². The number of fused-ring (bicyclic) bond motifs is 3. The Labute approximate surface area is 133 Å². The summed E-state index contributed by atoms with van der Waals surface area (Å²) in [4.78, 5) is 12.9. The fourth-order valence-electron chi connectivity index (χ4n) is 3.85. The van der Waals surface area contributed by atoms with Crippen LogP contribution >= 0.6 is 11.6 Å². The molecule has 3 atom stereocenters. The fraction of sp³-hybridized carbons (Fsp3) is 0.375. The zero-order valence-corrected chi connectivity index (χ0v) is 12.6. The van der Waals surface area contributed by atoms with Crippen LogP contribution in [-0.2, 0) is 4.74 Å². The number of halogens is 1. The van der Waals surface area contributed by atoms with E-state index in [9.17, 15) is 10.1 Å². The molecule has 4 rings (SSSR count). The lowest BCUT2D eigenvalue weighted by atomic mass is 9.86. The van der Waals surface area contributed by atoms with Crippen molar-refractivity contribution < 1.29 is 9.66 Å². The maximum absolute atomic E-state index is 11.2. The van der Waals surface area contributed by atoms with Gasteiger partial charge in [-0.25, -0.2) is 0 Å². The fourth-order valence-corrected chi connectivity index (χ4v) is 4.18. The average Bonchev–Trinajstić information content (AvgIpc) is 3.04. The summed E-state index contributed by atoms with van der Waals surface area (Å²) in [5.74, 6) is 0.396. The third-order valence-corrected chi connectivity index (χ3v) is 4.94. The zero-order valence-electron chi connectivity index (χ0n) is 11.9. The van der Waals surface area contributed by atoms with Gasteiger partial charge in [0, 0.05) is 36.7 Å². The standard InChI is InChI=1S/C16H15ClN2O3/c1-2-3-18-8-9-4-11-7-13(16(9)22-11)12-5-10(19(20)21)6-14(17)15(12)18/h2,5-7,9,11,16H,1,3-4,8H2/t9-,11-,16?/m0/s1. The first kappa shape index (κ1) is 13.8. The van der Waals surface area contributed by atoms with E-state index in [1.165, 1.54) is 6.07 Å². The summed E-state index contributed by atoms with van der Waals surface area (Å²) in [5.41, 5.74) is 2.76. The van der Waals surface area contributed by atoms with Crippen LogP contribution in [0, 0.1) is 16.0 Å².